The van der Waals surface area contributed by atoms with Crippen LogP contribution in [0.25, 0.3) is 6.08 Å². The van der Waals surface area contributed by atoms with Gasteiger partial charge in [-0.05, 0) is 41.0 Å². The lowest BCUT2D eigenvalue weighted by molar-refractivity contribution is 0.862. The van der Waals surface area contributed by atoms with E-state index in [1.54, 1.807) is 11.3 Å². The summed E-state index contributed by atoms with van der Waals surface area (Å²) >= 11 is 5.23. The number of halogens is 1. The van der Waals surface area contributed by atoms with E-state index in [1.807, 2.05) is 0 Å². The van der Waals surface area contributed by atoms with Gasteiger partial charge >= 0.3 is 0 Å². The van der Waals surface area contributed by atoms with Gasteiger partial charge in [0.2, 0.25) is 0 Å². The van der Waals surface area contributed by atoms with Gasteiger partial charge in [-0.15, -0.1) is 11.3 Å². The zero-order valence-corrected chi connectivity index (χ0v) is 9.04. The Bertz CT molecular complexity index is 295. The highest BCUT2D eigenvalue weighted by Gasteiger charge is 2.05. The first-order chi connectivity index (χ1) is 5.84. The Morgan fingerprint density at radius 2 is 2.50 bits per heavy atom. The van der Waals surface area contributed by atoms with Crippen molar-refractivity contribution in [3.63, 3.8) is 0 Å². The summed E-state index contributed by atoms with van der Waals surface area (Å²) in [5.41, 5.74) is 1.52. The molecule has 1 aliphatic heterocycles. The SMILES string of the molecule is Brc1csc(C=C2CCNC2)c1. The quantitative estimate of drug-likeness (QED) is 0.800. The molecule has 1 aromatic heterocycles. The molecular weight excluding hydrogens is 234 g/mol. The van der Waals surface area contributed by atoms with Crippen molar-refractivity contribution in [2.24, 2.45) is 0 Å². The van der Waals surface area contributed by atoms with Gasteiger partial charge in [-0.2, -0.15) is 0 Å². The monoisotopic (exact) mass is 243 g/mol. The summed E-state index contributed by atoms with van der Waals surface area (Å²) < 4.78 is 1.19. The van der Waals surface area contributed by atoms with Crippen molar-refractivity contribution < 1.29 is 0 Å². The molecule has 0 saturated carbocycles. The average molecular weight is 244 g/mol. The highest BCUT2D eigenvalue weighted by atomic mass is 79.9. The number of thiophene rings is 1. The molecule has 2 rings (SSSR count). The zero-order valence-electron chi connectivity index (χ0n) is 6.64. The molecule has 1 nitrogen and oxygen atoms in total. The zero-order chi connectivity index (χ0) is 8.39. The van der Waals surface area contributed by atoms with Crippen LogP contribution in [0.1, 0.15) is 11.3 Å². The molecule has 0 amide bonds. The van der Waals surface area contributed by atoms with E-state index < -0.39 is 0 Å². The molecule has 2 heterocycles. The van der Waals surface area contributed by atoms with Crippen LogP contribution in [-0.2, 0) is 0 Å². The summed E-state index contributed by atoms with van der Waals surface area (Å²) in [4.78, 5) is 1.35. The second kappa shape index (κ2) is 3.73. The molecule has 1 aromatic rings. The Balaban J connectivity index is 2.15. The third-order valence-corrected chi connectivity index (χ3v) is 3.55. The van der Waals surface area contributed by atoms with Crippen LogP contribution < -0.4 is 5.32 Å². The van der Waals surface area contributed by atoms with E-state index in [1.165, 1.54) is 21.3 Å². The molecule has 64 valence electrons. The minimum atomic E-state index is 1.06. The maximum Gasteiger partial charge on any atom is 0.0288 e. The van der Waals surface area contributed by atoms with Crippen molar-refractivity contribution >= 4 is 33.3 Å². The number of nitrogens with one attached hydrogen (secondary N) is 1. The van der Waals surface area contributed by atoms with Crippen LogP contribution in [0.5, 0.6) is 0 Å². The maximum absolute atomic E-state index is 3.45. The highest BCUT2D eigenvalue weighted by Crippen LogP contribution is 2.23. The molecule has 1 saturated heterocycles. The fourth-order valence-corrected chi connectivity index (χ4v) is 2.74. The first-order valence-corrected chi connectivity index (χ1v) is 5.66. The Morgan fingerprint density at radius 3 is 3.08 bits per heavy atom. The molecule has 0 atom stereocenters. The Kier molecular flexibility index (Phi) is 2.63. The lowest BCUT2D eigenvalue weighted by atomic mass is 10.2. The van der Waals surface area contributed by atoms with Crippen LogP contribution in [-0.4, -0.2) is 13.1 Å². The highest BCUT2D eigenvalue weighted by molar-refractivity contribution is 9.10. The minimum absolute atomic E-state index is 1.06. The first-order valence-electron chi connectivity index (χ1n) is 3.99. The second-order valence-corrected chi connectivity index (χ2v) is 4.76. The van der Waals surface area contributed by atoms with E-state index in [-0.39, 0.29) is 0 Å². The average Bonchev–Trinajstić information content (AvgIpc) is 2.63. The lowest BCUT2D eigenvalue weighted by Crippen LogP contribution is -2.04. The van der Waals surface area contributed by atoms with Gasteiger partial charge in [0.05, 0.1) is 0 Å². The van der Waals surface area contributed by atoms with Crippen LogP contribution in [0, 0.1) is 0 Å². The molecule has 12 heavy (non-hydrogen) atoms. The second-order valence-electron chi connectivity index (χ2n) is 2.90. The van der Waals surface area contributed by atoms with Gasteiger partial charge in [0.15, 0.2) is 0 Å². The van der Waals surface area contributed by atoms with E-state index in [0.717, 1.165) is 13.1 Å². The summed E-state index contributed by atoms with van der Waals surface area (Å²) in [7, 11) is 0. The summed E-state index contributed by atoms with van der Waals surface area (Å²) in [5.74, 6) is 0. The summed E-state index contributed by atoms with van der Waals surface area (Å²) in [5, 5.41) is 5.44. The van der Waals surface area contributed by atoms with Gasteiger partial charge in [-0.25, -0.2) is 0 Å². The first kappa shape index (κ1) is 8.48. The van der Waals surface area contributed by atoms with Crippen molar-refractivity contribution in [3.05, 3.63) is 26.4 Å². The number of hydrogen-bond acceptors (Lipinski definition) is 2. The van der Waals surface area contributed by atoms with Gasteiger partial charge in [0, 0.05) is 21.3 Å². The maximum atomic E-state index is 3.45. The smallest absolute Gasteiger partial charge is 0.0288 e. The van der Waals surface area contributed by atoms with Crippen LogP contribution >= 0.6 is 27.3 Å². The molecular formula is C9H10BrNS. The summed E-state index contributed by atoms with van der Waals surface area (Å²) in [6.45, 7) is 2.20. The third kappa shape index (κ3) is 1.97. The Morgan fingerprint density at radius 1 is 1.58 bits per heavy atom. The van der Waals surface area contributed by atoms with Crippen LogP contribution in [0.2, 0.25) is 0 Å². The molecule has 3 heteroatoms. The van der Waals surface area contributed by atoms with Gasteiger partial charge in [0.1, 0.15) is 0 Å². The van der Waals surface area contributed by atoms with Crippen molar-refractivity contribution in [2.75, 3.05) is 13.1 Å². The van der Waals surface area contributed by atoms with Crippen LogP contribution in [0.15, 0.2) is 21.5 Å². The third-order valence-electron chi connectivity index (χ3n) is 1.91. The summed E-state index contributed by atoms with van der Waals surface area (Å²) in [6, 6.07) is 2.16. The van der Waals surface area contributed by atoms with Gasteiger partial charge in [-0.3, -0.25) is 0 Å². The van der Waals surface area contributed by atoms with E-state index in [2.05, 4.69) is 38.8 Å². The van der Waals surface area contributed by atoms with Crippen molar-refractivity contribution in [3.8, 4) is 0 Å². The van der Waals surface area contributed by atoms with Crippen LogP contribution in [0.3, 0.4) is 0 Å². The van der Waals surface area contributed by atoms with E-state index >= 15 is 0 Å². The Hall–Kier alpha value is -0.120. The predicted molar refractivity (Wildman–Crippen MR) is 57.5 cm³/mol. The number of hydrogen-bond donors (Lipinski definition) is 1. The van der Waals surface area contributed by atoms with Gasteiger partial charge < -0.3 is 5.32 Å². The molecule has 0 aliphatic carbocycles. The fourth-order valence-electron chi connectivity index (χ4n) is 1.31. The summed E-state index contributed by atoms with van der Waals surface area (Å²) in [6.07, 6.45) is 3.49. The molecule has 1 fully saturated rings. The normalized spacial score (nSPS) is 20.6. The largest absolute Gasteiger partial charge is 0.313 e. The standard InChI is InChI=1S/C9H10BrNS/c10-8-4-9(12-6-8)3-7-1-2-11-5-7/h3-4,6,11H,1-2,5H2. The predicted octanol–water partition coefficient (Wildman–Crippen LogP) is 2.89. The topological polar surface area (TPSA) is 12.0 Å². The van der Waals surface area contributed by atoms with Crippen molar-refractivity contribution in [1.82, 2.24) is 5.32 Å². The minimum Gasteiger partial charge on any atom is -0.313 e. The molecule has 0 unspecified atom stereocenters. The van der Waals surface area contributed by atoms with E-state index in [0.29, 0.717) is 0 Å². The van der Waals surface area contributed by atoms with E-state index in [4.69, 9.17) is 0 Å². The molecule has 1 aliphatic rings. The van der Waals surface area contributed by atoms with Gasteiger partial charge in [0.25, 0.3) is 0 Å². The van der Waals surface area contributed by atoms with Crippen molar-refractivity contribution in [1.29, 1.82) is 0 Å². The van der Waals surface area contributed by atoms with Crippen molar-refractivity contribution in [2.45, 2.75) is 6.42 Å². The molecule has 0 bridgehead atoms. The van der Waals surface area contributed by atoms with E-state index in [9.17, 15) is 0 Å². The molecule has 0 aromatic carbocycles. The molecule has 1 N–H and O–H groups in total. The molecule has 0 radical (unpaired) electrons. The number of rotatable bonds is 1. The fraction of sp³-hybridized carbons (Fsp3) is 0.333. The van der Waals surface area contributed by atoms with Crippen LogP contribution in [0.4, 0.5) is 0 Å². The Labute approximate surface area is 84.6 Å². The van der Waals surface area contributed by atoms with Gasteiger partial charge in [-0.1, -0.05) is 5.57 Å². The molecule has 0 spiro atoms. The lowest BCUT2D eigenvalue weighted by Gasteiger charge is -1.90.